The van der Waals surface area contributed by atoms with Crippen molar-refractivity contribution in [3.05, 3.63) is 34.9 Å². The zero-order valence-corrected chi connectivity index (χ0v) is 14.8. The van der Waals surface area contributed by atoms with E-state index in [9.17, 15) is 0 Å². The first kappa shape index (κ1) is 18.5. The highest BCUT2D eigenvalue weighted by atomic mass is 35.5. The maximum atomic E-state index is 5.97. The molecule has 3 heteroatoms. The minimum Gasteiger partial charge on any atom is -0.385 e. The largest absolute Gasteiger partial charge is 0.385 e. The van der Waals surface area contributed by atoms with Gasteiger partial charge in [-0.1, -0.05) is 30.7 Å². The summed E-state index contributed by atoms with van der Waals surface area (Å²) in [5.74, 6) is 1.22. The van der Waals surface area contributed by atoms with Crippen LogP contribution in [0.5, 0.6) is 0 Å². The van der Waals surface area contributed by atoms with Gasteiger partial charge in [0.2, 0.25) is 0 Å². The molecule has 0 aromatic heterocycles. The molecule has 2 atom stereocenters. The van der Waals surface area contributed by atoms with Crippen LogP contribution in [0.2, 0.25) is 5.02 Å². The van der Waals surface area contributed by atoms with E-state index in [0.29, 0.717) is 11.8 Å². The van der Waals surface area contributed by atoms with Gasteiger partial charge in [-0.05, 0) is 69.7 Å². The Hall–Kier alpha value is -0.570. The SMILES string of the molecule is COCCC(C)C(CNC(C)(C)C)Cc1ccc(Cl)cc1. The van der Waals surface area contributed by atoms with Gasteiger partial charge >= 0.3 is 0 Å². The number of halogens is 1. The lowest BCUT2D eigenvalue weighted by atomic mass is 9.85. The molecule has 1 rings (SSSR count). The van der Waals surface area contributed by atoms with Gasteiger partial charge in [-0.3, -0.25) is 0 Å². The molecule has 0 bridgehead atoms. The summed E-state index contributed by atoms with van der Waals surface area (Å²) in [5.41, 5.74) is 1.50. The molecule has 1 aromatic carbocycles. The number of benzene rings is 1. The van der Waals surface area contributed by atoms with Crippen molar-refractivity contribution >= 4 is 11.6 Å². The Labute approximate surface area is 135 Å². The third-order valence-electron chi connectivity index (χ3n) is 3.89. The first-order valence-corrected chi connectivity index (χ1v) is 8.18. The van der Waals surface area contributed by atoms with Crippen LogP contribution in [-0.4, -0.2) is 25.8 Å². The van der Waals surface area contributed by atoms with Gasteiger partial charge in [-0.2, -0.15) is 0 Å². The Bertz CT molecular complexity index is 397. The number of ether oxygens (including phenoxy) is 1. The van der Waals surface area contributed by atoms with E-state index in [2.05, 4.69) is 45.1 Å². The fraction of sp³-hybridized carbons (Fsp3) is 0.667. The topological polar surface area (TPSA) is 21.3 Å². The van der Waals surface area contributed by atoms with Crippen LogP contribution in [0.15, 0.2) is 24.3 Å². The summed E-state index contributed by atoms with van der Waals surface area (Å²) in [4.78, 5) is 0. The number of hydrogen-bond donors (Lipinski definition) is 1. The van der Waals surface area contributed by atoms with Crippen molar-refractivity contribution in [2.45, 2.75) is 46.1 Å². The molecule has 0 radical (unpaired) electrons. The van der Waals surface area contributed by atoms with Crippen LogP contribution in [0.25, 0.3) is 0 Å². The average molecular weight is 312 g/mol. The van der Waals surface area contributed by atoms with Gasteiger partial charge < -0.3 is 10.1 Å². The summed E-state index contributed by atoms with van der Waals surface area (Å²) in [6, 6.07) is 8.22. The maximum Gasteiger partial charge on any atom is 0.0464 e. The molecule has 0 amide bonds. The molecule has 120 valence electrons. The molecular weight excluding hydrogens is 282 g/mol. The molecule has 0 fully saturated rings. The van der Waals surface area contributed by atoms with Crippen LogP contribution in [0, 0.1) is 11.8 Å². The second kappa shape index (κ2) is 8.77. The van der Waals surface area contributed by atoms with E-state index in [4.69, 9.17) is 16.3 Å². The number of nitrogens with one attached hydrogen (secondary N) is 1. The lowest BCUT2D eigenvalue weighted by Gasteiger charge is -2.29. The summed E-state index contributed by atoms with van der Waals surface area (Å²) in [7, 11) is 1.77. The normalized spacial score (nSPS) is 15.0. The zero-order valence-electron chi connectivity index (χ0n) is 14.1. The van der Waals surface area contributed by atoms with Gasteiger partial charge in [0.25, 0.3) is 0 Å². The van der Waals surface area contributed by atoms with Crippen molar-refractivity contribution in [3.8, 4) is 0 Å². The van der Waals surface area contributed by atoms with E-state index >= 15 is 0 Å². The molecule has 2 unspecified atom stereocenters. The quantitative estimate of drug-likeness (QED) is 0.760. The molecule has 0 aliphatic heterocycles. The molecule has 0 heterocycles. The fourth-order valence-electron chi connectivity index (χ4n) is 2.37. The van der Waals surface area contributed by atoms with E-state index in [0.717, 1.165) is 31.0 Å². The first-order chi connectivity index (χ1) is 9.81. The van der Waals surface area contributed by atoms with Crippen LogP contribution >= 0.6 is 11.6 Å². The number of rotatable bonds is 8. The van der Waals surface area contributed by atoms with Crippen molar-refractivity contribution < 1.29 is 4.74 Å². The van der Waals surface area contributed by atoms with Crippen LogP contribution in [-0.2, 0) is 11.2 Å². The van der Waals surface area contributed by atoms with E-state index in [-0.39, 0.29) is 5.54 Å². The van der Waals surface area contributed by atoms with Gasteiger partial charge in [0, 0.05) is 24.3 Å². The molecule has 1 N–H and O–H groups in total. The maximum absolute atomic E-state index is 5.97. The third-order valence-corrected chi connectivity index (χ3v) is 4.14. The van der Waals surface area contributed by atoms with Gasteiger partial charge in [0.1, 0.15) is 0 Å². The second-order valence-electron chi connectivity index (χ2n) is 6.98. The minimum absolute atomic E-state index is 0.152. The Morgan fingerprint density at radius 2 is 1.81 bits per heavy atom. The first-order valence-electron chi connectivity index (χ1n) is 7.80. The molecular formula is C18H30ClNO. The lowest BCUT2D eigenvalue weighted by Crippen LogP contribution is -2.41. The molecule has 21 heavy (non-hydrogen) atoms. The Morgan fingerprint density at radius 3 is 2.33 bits per heavy atom. The number of methoxy groups -OCH3 is 1. The fourth-order valence-corrected chi connectivity index (χ4v) is 2.50. The van der Waals surface area contributed by atoms with Crippen LogP contribution < -0.4 is 5.32 Å². The third kappa shape index (κ3) is 7.85. The summed E-state index contributed by atoms with van der Waals surface area (Å²) < 4.78 is 5.24. The standard InChI is InChI=1S/C18H30ClNO/c1-14(10-11-21-5)16(13-20-18(2,3)4)12-15-6-8-17(19)9-7-15/h6-9,14,16,20H,10-13H2,1-5H3. The summed E-state index contributed by atoms with van der Waals surface area (Å²) >= 11 is 5.97. The molecule has 2 nitrogen and oxygen atoms in total. The molecule has 1 aromatic rings. The Kier molecular flexibility index (Phi) is 7.72. The molecule has 0 aliphatic rings. The van der Waals surface area contributed by atoms with Gasteiger partial charge in [0.05, 0.1) is 0 Å². The van der Waals surface area contributed by atoms with Crippen molar-refractivity contribution in [3.63, 3.8) is 0 Å². The van der Waals surface area contributed by atoms with E-state index in [1.807, 2.05) is 12.1 Å². The van der Waals surface area contributed by atoms with Crippen molar-refractivity contribution in [1.29, 1.82) is 0 Å². The summed E-state index contributed by atoms with van der Waals surface area (Å²) in [6.45, 7) is 10.8. The minimum atomic E-state index is 0.152. The van der Waals surface area contributed by atoms with E-state index in [1.165, 1.54) is 5.56 Å². The lowest BCUT2D eigenvalue weighted by molar-refractivity contribution is 0.161. The Balaban J connectivity index is 2.68. The zero-order chi connectivity index (χ0) is 15.9. The smallest absolute Gasteiger partial charge is 0.0464 e. The number of hydrogen-bond acceptors (Lipinski definition) is 2. The molecule has 0 spiro atoms. The van der Waals surface area contributed by atoms with Gasteiger partial charge in [-0.15, -0.1) is 0 Å². The van der Waals surface area contributed by atoms with Crippen molar-refractivity contribution in [1.82, 2.24) is 5.32 Å². The summed E-state index contributed by atoms with van der Waals surface area (Å²) in [5, 5.41) is 4.45. The van der Waals surface area contributed by atoms with E-state index < -0.39 is 0 Å². The van der Waals surface area contributed by atoms with Crippen molar-refractivity contribution in [2.24, 2.45) is 11.8 Å². The molecule has 0 saturated heterocycles. The highest BCUT2D eigenvalue weighted by molar-refractivity contribution is 6.30. The second-order valence-corrected chi connectivity index (χ2v) is 7.42. The van der Waals surface area contributed by atoms with Crippen molar-refractivity contribution in [2.75, 3.05) is 20.3 Å². The highest BCUT2D eigenvalue weighted by Crippen LogP contribution is 2.22. The van der Waals surface area contributed by atoms with E-state index in [1.54, 1.807) is 7.11 Å². The van der Waals surface area contributed by atoms with Crippen LogP contribution in [0.4, 0.5) is 0 Å². The Morgan fingerprint density at radius 1 is 1.19 bits per heavy atom. The predicted molar refractivity (Wildman–Crippen MR) is 92.1 cm³/mol. The van der Waals surface area contributed by atoms with Gasteiger partial charge in [-0.25, -0.2) is 0 Å². The van der Waals surface area contributed by atoms with Crippen LogP contribution in [0.3, 0.4) is 0 Å². The average Bonchev–Trinajstić information content (AvgIpc) is 2.41. The molecule has 0 aliphatic carbocycles. The highest BCUT2D eigenvalue weighted by Gasteiger charge is 2.20. The monoisotopic (exact) mass is 311 g/mol. The predicted octanol–water partition coefficient (Wildman–Crippen LogP) is 4.56. The summed E-state index contributed by atoms with van der Waals surface area (Å²) in [6.07, 6.45) is 2.17. The van der Waals surface area contributed by atoms with Gasteiger partial charge in [0.15, 0.2) is 0 Å². The van der Waals surface area contributed by atoms with Crippen LogP contribution in [0.1, 0.15) is 39.7 Å². The molecule has 0 saturated carbocycles.